The molecule has 0 bridgehead atoms. The van der Waals surface area contributed by atoms with Crippen LogP contribution in [0.1, 0.15) is 26.0 Å². The van der Waals surface area contributed by atoms with Crippen LogP contribution in [0.2, 0.25) is 0 Å². The van der Waals surface area contributed by atoms with Gasteiger partial charge in [0.25, 0.3) is 0 Å². The van der Waals surface area contributed by atoms with Crippen LogP contribution in [0.25, 0.3) is 0 Å². The topological polar surface area (TPSA) is 17.8 Å². The first-order valence-corrected chi connectivity index (χ1v) is 5.22. The average molecular weight is 199 g/mol. The van der Waals surface area contributed by atoms with Gasteiger partial charge in [0.2, 0.25) is 0 Å². The summed E-state index contributed by atoms with van der Waals surface area (Å²) in [7, 11) is 0. The van der Waals surface area contributed by atoms with Gasteiger partial charge in [-0.3, -0.25) is 0 Å². The summed E-state index contributed by atoms with van der Waals surface area (Å²) in [6, 6.07) is 0. The molecule has 0 saturated heterocycles. The molecule has 1 fully saturated rings. The van der Waals surface area contributed by atoms with Crippen molar-refractivity contribution >= 4 is 11.6 Å². The number of nitrogens with zero attached hydrogens (tertiary/aromatic N) is 2. The zero-order chi connectivity index (χ0) is 9.47. The molecule has 1 aliphatic rings. The van der Waals surface area contributed by atoms with Crippen LogP contribution in [-0.4, -0.2) is 9.55 Å². The smallest absolute Gasteiger partial charge is 0.0948 e. The quantitative estimate of drug-likeness (QED) is 0.683. The average Bonchev–Trinajstić information content (AvgIpc) is 2.50. The number of imidazole rings is 1. The molecule has 0 aromatic carbocycles. The van der Waals surface area contributed by atoms with Gasteiger partial charge in [-0.2, -0.15) is 0 Å². The third kappa shape index (κ3) is 1.73. The van der Waals surface area contributed by atoms with Gasteiger partial charge in [0.05, 0.1) is 17.9 Å². The summed E-state index contributed by atoms with van der Waals surface area (Å²) in [5, 5.41) is 0. The second-order valence-electron chi connectivity index (χ2n) is 4.56. The van der Waals surface area contributed by atoms with E-state index in [0.29, 0.717) is 11.3 Å². The van der Waals surface area contributed by atoms with Crippen LogP contribution in [-0.2, 0) is 12.4 Å². The third-order valence-electron chi connectivity index (χ3n) is 3.07. The van der Waals surface area contributed by atoms with Crippen LogP contribution < -0.4 is 0 Å². The molecule has 13 heavy (non-hydrogen) atoms. The summed E-state index contributed by atoms with van der Waals surface area (Å²) >= 11 is 5.79. The van der Waals surface area contributed by atoms with Crippen molar-refractivity contribution in [3.63, 3.8) is 0 Å². The van der Waals surface area contributed by atoms with Crippen LogP contribution in [0.3, 0.4) is 0 Å². The maximum Gasteiger partial charge on any atom is 0.0948 e. The fourth-order valence-corrected chi connectivity index (χ4v) is 1.97. The van der Waals surface area contributed by atoms with E-state index in [1.807, 2.05) is 12.5 Å². The SMILES string of the molecule is CC1(C)CC1Cn1cncc1CCl. The lowest BCUT2D eigenvalue weighted by Crippen LogP contribution is -2.05. The molecule has 0 N–H and O–H groups in total. The van der Waals surface area contributed by atoms with E-state index in [1.165, 1.54) is 6.42 Å². The zero-order valence-corrected chi connectivity index (χ0v) is 8.88. The van der Waals surface area contributed by atoms with Crippen LogP contribution >= 0.6 is 11.6 Å². The molecule has 1 heterocycles. The molecule has 1 aromatic heterocycles. The van der Waals surface area contributed by atoms with Gasteiger partial charge in [0.1, 0.15) is 0 Å². The molecule has 0 aliphatic heterocycles. The van der Waals surface area contributed by atoms with E-state index >= 15 is 0 Å². The number of hydrogen-bond acceptors (Lipinski definition) is 1. The van der Waals surface area contributed by atoms with E-state index in [1.54, 1.807) is 0 Å². The van der Waals surface area contributed by atoms with Gasteiger partial charge >= 0.3 is 0 Å². The Bertz CT molecular complexity index is 304. The van der Waals surface area contributed by atoms with Gasteiger partial charge in [-0.25, -0.2) is 4.98 Å². The predicted molar refractivity (Wildman–Crippen MR) is 53.7 cm³/mol. The largest absolute Gasteiger partial charge is 0.333 e. The minimum atomic E-state index is 0.536. The number of rotatable bonds is 3. The van der Waals surface area contributed by atoms with Crippen molar-refractivity contribution in [1.29, 1.82) is 0 Å². The third-order valence-corrected chi connectivity index (χ3v) is 3.34. The molecule has 1 aliphatic carbocycles. The fraction of sp³-hybridized carbons (Fsp3) is 0.700. The summed E-state index contributed by atoms with van der Waals surface area (Å²) in [4.78, 5) is 4.10. The second-order valence-corrected chi connectivity index (χ2v) is 4.83. The number of halogens is 1. The van der Waals surface area contributed by atoms with Gasteiger partial charge in [-0.05, 0) is 17.8 Å². The fourth-order valence-electron chi connectivity index (χ4n) is 1.75. The molecule has 2 rings (SSSR count). The Balaban J connectivity index is 2.03. The highest BCUT2D eigenvalue weighted by molar-refractivity contribution is 6.16. The summed E-state index contributed by atoms with van der Waals surface area (Å²) in [5.41, 5.74) is 1.66. The number of aromatic nitrogens is 2. The van der Waals surface area contributed by atoms with Crippen molar-refractivity contribution in [2.75, 3.05) is 0 Å². The van der Waals surface area contributed by atoms with Gasteiger partial charge in [0, 0.05) is 12.7 Å². The molecule has 3 heteroatoms. The Morgan fingerprint density at radius 2 is 2.38 bits per heavy atom. The maximum atomic E-state index is 5.79. The van der Waals surface area contributed by atoms with Crippen molar-refractivity contribution in [2.45, 2.75) is 32.7 Å². The minimum absolute atomic E-state index is 0.536. The van der Waals surface area contributed by atoms with Crippen molar-refractivity contribution < 1.29 is 0 Å². The van der Waals surface area contributed by atoms with Gasteiger partial charge in [-0.1, -0.05) is 13.8 Å². The molecule has 72 valence electrons. The van der Waals surface area contributed by atoms with Crippen LogP contribution in [0.4, 0.5) is 0 Å². The lowest BCUT2D eigenvalue weighted by Gasteiger charge is -2.06. The number of alkyl halides is 1. The normalized spacial score (nSPS) is 24.7. The van der Waals surface area contributed by atoms with E-state index in [-0.39, 0.29) is 0 Å². The van der Waals surface area contributed by atoms with E-state index in [9.17, 15) is 0 Å². The summed E-state index contributed by atoms with van der Waals surface area (Å²) in [6.45, 7) is 5.71. The molecule has 1 aromatic rings. The predicted octanol–water partition coefficient (Wildman–Crippen LogP) is 2.67. The first kappa shape index (κ1) is 9.07. The standard InChI is InChI=1S/C10H15ClN2/c1-10(2)3-8(10)6-13-7-12-5-9(13)4-11/h5,7-8H,3-4,6H2,1-2H3. The second kappa shape index (κ2) is 3.02. The Hall–Kier alpha value is -0.500. The molecule has 0 radical (unpaired) electrons. The van der Waals surface area contributed by atoms with E-state index in [0.717, 1.165) is 18.2 Å². The lowest BCUT2D eigenvalue weighted by atomic mass is 10.1. The highest BCUT2D eigenvalue weighted by Crippen LogP contribution is 2.52. The molecule has 0 amide bonds. The van der Waals surface area contributed by atoms with Gasteiger partial charge < -0.3 is 4.57 Å². The molecule has 1 atom stereocenters. The van der Waals surface area contributed by atoms with Crippen LogP contribution in [0.5, 0.6) is 0 Å². The Morgan fingerprint density at radius 3 is 2.92 bits per heavy atom. The molecule has 1 unspecified atom stereocenters. The van der Waals surface area contributed by atoms with E-state index < -0.39 is 0 Å². The molecular weight excluding hydrogens is 184 g/mol. The number of hydrogen-bond donors (Lipinski definition) is 0. The van der Waals surface area contributed by atoms with E-state index in [2.05, 4.69) is 23.4 Å². The highest BCUT2D eigenvalue weighted by atomic mass is 35.5. The van der Waals surface area contributed by atoms with Gasteiger partial charge in [0.15, 0.2) is 0 Å². The molecule has 0 spiro atoms. The van der Waals surface area contributed by atoms with E-state index in [4.69, 9.17) is 11.6 Å². The lowest BCUT2D eigenvalue weighted by molar-refractivity contribution is 0.493. The zero-order valence-electron chi connectivity index (χ0n) is 8.13. The van der Waals surface area contributed by atoms with Crippen LogP contribution in [0, 0.1) is 11.3 Å². The van der Waals surface area contributed by atoms with Crippen LogP contribution in [0.15, 0.2) is 12.5 Å². The van der Waals surface area contributed by atoms with Crippen molar-refractivity contribution in [3.05, 3.63) is 18.2 Å². The monoisotopic (exact) mass is 198 g/mol. The first-order chi connectivity index (χ1) is 6.13. The molecule has 1 saturated carbocycles. The first-order valence-electron chi connectivity index (χ1n) is 4.68. The Morgan fingerprint density at radius 1 is 1.69 bits per heavy atom. The highest BCUT2D eigenvalue weighted by Gasteiger charge is 2.45. The maximum absolute atomic E-state index is 5.79. The molecular formula is C10H15ClN2. The van der Waals surface area contributed by atoms with Crippen molar-refractivity contribution in [3.8, 4) is 0 Å². The van der Waals surface area contributed by atoms with Crippen molar-refractivity contribution in [2.24, 2.45) is 11.3 Å². The Labute approximate surface area is 83.9 Å². The summed E-state index contributed by atoms with van der Waals surface area (Å²) in [6.07, 6.45) is 5.06. The van der Waals surface area contributed by atoms with Crippen molar-refractivity contribution in [1.82, 2.24) is 9.55 Å². The summed E-state index contributed by atoms with van der Waals surface area (Å²) < 4.78 is 2.17. The minimum Gasteiger partial charge on any atom is -0.333 e. The molecule has 2 nitrogen and oxygen atoms in total. The summed E-state index contributed by atoms with van der Waals surface area (Å²) in [5.74, 6) is 1.37. The van der Waals surface area contributed by atoms with Gasteiger partial charge in [-0.15, -0.1) is 11.6 Å². The Kier molecular flexibility index (Phi) is 2.11.